The van der Waals surface area contributed by atoms with Crippen LogP contribution in [0.25, 0.3) is 0 Å². The lowest BCUT2D eigenvalue weighted by atomic mass is 10.3. The smallest absolute Gasteiger partial charge is 0.109 e. The van der Waals surface area contributed by atoms with Crippen molar-refractivity contribution in [2.45, 2.75) is 39.4 Å². The molecule has 0 aliphatic heterocycles. The number of aryl methyl sites for hydroxylation is 1. The van der Waals surface area contributed by atoms with Gasteiger partial charge in [-0.1, -0.05) is 6.92 Å². The van der Waals surface area contributed by atoms with E-state index in [4.69, 9.17) is 0 Å². The highest BCUT2D eigenvalue weighted by atomic mass is 32.1. The Kier molecular flexibility index (Phi) is 4.34. The van der Waals surface area contributed by atoms with Gasteiger partial charge in [-0.25, -0.2) is 4.98 Å². The van der Waals surface area contributed by atoms with E-state index in [-0.39, 0.29) is 0 Å². The molecule has 0 bridgehead atoms. The first-order valence-corrected chi connectivity index (χ1v) is 6.96. The number of hydrogen-bond donors (Lipinski definition) is 1. The molecular weight excluding hydrogens is 230 g/mol. The predicted octanol–water partition coefficient (Wildman–Crippen LogP) is 3.21. The molecule has 2 aromatic rings. The second-order valence-corrected chi connectivity index (χ2v) is 5.09. The van der Waals surface area contributed by atoms with Gasteiger partial charge in [-0.3, -0.25) is 0 Å². The Morgan fingerprint density at radius 1 is 1.53 bits per heavy atom. The Hall–Kier alpha value is -1.13. The molecule has 1 N–H and O–H groups in total. The molecule has 0 aromatic carbocycles. The lowest BCUT2D eigenvalue weighted by Gasteiger charge is -2.13. The largest absolute Gasteiger partial charge is 0.350 e. The standard InChI is InChI=1S/C13H19N3S/c1-3-7-16-8-4-5-12(16)10-15-11(2)13-14-6-9-17-13/h4-6,8-9,11,15H,3,7,10H2,1-2H3. The molecule has 0 amide bonds. The van der Waals surface area contributed by atoms with Gasteiger partial charge >= 0.3 is 0 Å². The second-order valence-electron chi connectivity index (χ2n) is 4.17. The predicted molar refractivity (Wildman–Crippen MR) is 72.1 cm³/mol. The fourth-order valence-corrected chi connectivity index (χ4v) is 2.53. The van der Waals surface area contributed by atoms with Gasteiger partial charge in [0.05, 0.1) is 6.04 Å². The van der Waals surface area contributed by atoms with Crippen LogP contribution in [0.2, 0.25) is 0 Å². The number of aromatic nitrogens is 2. The fraction of sp³-hybridized carbons (Fsp3) is 0.462. The van der Waals surface area contributed by atoms with Crippen LogP contribution < -0.4 is 5.32 Å². The summed E-state index contributed by atoms with van der Waals surface area (Å²) < 4.78 is 2.31. The summed E-state index contributed by atoms with van der Waals surface area (Å²) in [7, 11) is 0. The third-order valence-corrected chi connectivity index (χ3v) is 3.76. The van der Waals surface area contributed by atoms with E-state index in [1.165, 1.54) is 12.1 Å². The van der Waals surface area contributed by atoms with Crippen LogP contribution in [-0.4, -0.2) is 9.55 Å². The molecule has 0 aliphatic carbocycles. The molecule has 0 spiro atoms. The molecule has 0 saturated carbocycles. The summed E-state index contributed by atoms with van der Waals surface area (Å²) >= 11 is 1.70. The average Bonchev–Trinajstić information content (AvgIpc) is 2.97. The number of thiazole rings is 1. The topological polar surface area (TPSA) is 29.9 Å². The minimum absolute atomic E-state index is 0.319. The number of nitrogens with zero attached hydrogens (tertiary/aromatic N) is 2. The van der Waals surface area contributed by atoms with Gasteiger partial charge in [0.1, 0.15) is 5.01 Å². The average molecular weight is 249 g/mol. The lowest BCUT2D eigenvalue weighted by molar-refractivity contribution is 0.540. The summed E-state index contributed by atoms with van der Waals surface area (Å²) in [4.78, 5) is 4.32. The third kappa shape index (κ3) is 3.17. The van der Waals surface area contributed by atoms with Crippen molar-refractivity contribution in [3.63, 3.8) is 0 Å². The molecule has 1 atom stereocenters. The normalized spacial score (nSPS) is 12.8. The summed E-state index contributed by atoms with van der Waals surface area (Å²) in [5, 5.41) is 6.69. The molecule has 2 aromatic heterocycles. The Labute approximate surface area is 107 Å². The molecule has 0 radical (unpaired) electrons. The molecule has 2 rings (SSSR count). The molecule has 92 valence electrons. The van der Waals surface area contributed by atoms with Crippen LogP contribution in [0.4, 0.5) is 0 Å². The second kappa shape index (κ2) is 5.98. The molecular formula is C13H19N3S. The Bertz CT molecular complexity index is 433. The molecule has 0 saturated heterocycles. The molecule has 1 unspecified atom stereocenters. The maximum absolute atomic E-state index is 4.32. The first-order chi connectivity index (χ1) is 8.31. The summed E-state index contributed by atoms with van der Waals surface area (Å²) in [5.74, 6) is 0. The highest BCUT2D eigenvalue weighted by molar-refractivity contribution is 7.09. The SMILES string of the molecule is CCCn1cccc1CNC(C)c1nccs1. The molecule has 0 aliphatic rings. The third-order valence-electron chi connectivity index (χ3n) is 2.80. The molecule has 17 heavy (non-hydrogen) atoms. The summed E-state index contributed by atoms with van der Waals surface area (Å²) in [5.41, 5.74) is 1.34. The number of hydrogen-bond acceptors (Lipinski definition) is 3. The molecule has 3 nitrogen and oxygen atoms in total. The Morgan fingerprint density at radius 2 is 2.41 bits per heavy atom. The summed E-state index contributed by atoms with van der Waals surface area (Å²) in [6.45, 7) is 6.35. The van der Waals surface area contributed by atoms with Crippen molar-refractivity contribution >= 4 is 11.3 Å². The van der Waals surface area contributed by atoms with E-state index in [0.29, 0.717) is 6.04 Å². The van der Waals surface area contributed by atoms with Gasteiger partial charge < -0.3 is 9.88 Å². The van der Waals surface area contributed by atoms with E-state index < -0.39 is 0 Å². The summed E-state index contributed by atoms with van der Waals surface area (Å²) in [6, 6.07) is 4.61. The fourth-order valence-electron chi connectivity index (χ4n) is 1.86. The zero-order chi connectivity index (χ0) is 12.1. The minimum Gasteiger partial charge on any atom is -0.350 e. The van der Waals surface area contributed by atoms with Crippen LogP contribution >= 0.6 is 11.3 Å². The maximum atomic E-state index is 4.32. The van der Waals surface area contributed by atoms with Gasteiger partial charge in [-0.05, 0) is 25.5 Å². The first kappa shape index (κ1) is 12.3. The molecule has 4 heteroatoms. The van der Waals surface area contributed by atoms with E-state index in [1.54, 1.807) is 11.3 Å². The van der Waals surface area contributed by atoms with E-state index in [0.717, 1.165) is 18.1 Å². The van der Waals surface area contributed by atoms with Crippen LogP contribution in [0.3, 0.4) is 0 Å². The van der Waals surface area contributed by atoms with Crippen LogP contribution in [0.5, 0.6) is 0 Å². The van der Waals surface area contributed by atoms with Crippen LogP contribution in [0.1, 0.15) is 37.0 Å². The van der Waals surface area contributed by atoms with Crippen molar-refractivity contribution in [1.29, 1.82) is 0 Å². The van der Waals surface area contributed by atoms with E-state index in [1.807, 2.05) is 11.6 Å². The highest BCUT2D eigenvalue weighted by Crippen LogP contribution is 2.15. The van der Waals surface area contributed by atoms with Gasteiger partial charge in [0.25, 0.3) is 0 Å². The zero-order valence-corrected chi connectivity index (χ0v) is 11.2. The molecule has 0 fully saturated rings. The quantitative estimate of drug-likeness (QED) is 0.852. The monoisotopic (exact) mass is 249 g/mol. The lowest BCUT2D eigenvalue weighted by Crippen LogP contribution is -2.19. The van der Waals surface area contributed by atoms with Crippen LogP contribution in [0, 0.1) is 0 Å². The van der Waals surface area contributed by atoms with Gasteiger partial charge in [-0.15, -0.1) is 11.3 Å². The van der Waals surface area contributed by atoms with Gasteiger partial charge in [0.2, 0.25) is 0 Å². The van der Waals surface area contributed by atoms with Crippen molar-refractivity contribution in [3.8, 4) is 0 Å². The van der Waals surface area contributed by atoms with E-state index in [9.17, 15) is 0 Å². The van der Waals surface area contributed by atoms with Crippen molar-refractivity contribution in [3.05, 3.63) is 40.6 Å². The van der Waals surface area contributed by atoms with Gasteiger partial charge in [0, 0.05) is 36.6 Å². The molecule has 2 heterocycles. The van der Waals surface area contributed by atoms with Crippen molar-refractivity contribution in [2.24, 2.45) is 0 Å². The van der Waals surface area contributed by atoms with E-state index >= 15 is 0 Å². The summed E-state index contributed by atoms with van der Waals surface area (Å²) in [6.07, 6.45) is 5.18. The highest BCUT2D eigenvalue weighted by Gasteiger charge is 2.08. The van der Waals surface area contributed by atoms with Crippen molar-refractivity contribution < 1.29 is 0 Å². The maximum Gasteiger partial charge on any atom is 0.109 e. The van der Waals surface area contributed by atoms with E-state index in [2.05, 4.69) is 47.0 Å². The van der Waals surface area contributed by atoms with Gasteiger partial charge in [-0.2, -0.15) is 0 Å². The van der Waals surface area contributed by atoms with Crippen LogP contribution in [-0.2, 0) is 13.1 Å². The Morgan fingerprint density at radius 3 is 3.12 bits per heavy atom. The minimum atomic E-state index is 0.319. The Balaban J connectivity index is 1.91. The van der Waals surface area contributed by atoms with Gasteiger partial charge in [0.15, 0.2) is 0 Å². The zero-order valence-electron chi connectivity index (χ0n) is 10.4. The van der Waals surface area contributed by atoms with Crippen molar-refractivity contribution in [2.75, 3.05) is 0 Å². The van der Waals surface area contributed by atoms with Crippen LogP contribution in [0.15, 0.2) is 29.9 Å². The first-order valence-electron chi connectivity index (χ1n) is 6.08. The number of nitrogens with one attached hydrogen (secondary N) is 1. The number of rotatable bonds is 6. The van der Waals surface area contributed by atoms with Crippen molar-refractivity contribution in [1.82, 2.24) is 14.9 Å².